The van der Waals surface area contributed by atoms with E-state index in [4.69, 9.17) is 9.47 Å². The lowest BCUT2D eigenvalue weighted by atomic mass is 9.95. The molecule has 0 saturated heterocycles. The van der Waals surface area contributed by atoms with Crippen LogP contribution in [0.2, 0.25) is 0 Å². The van der Waals surface area contributed by atoms with E-state index < -0.39 is 6.04 Å². The van der Waals surface area contributed by atoms with Crippen LogP contribution in [0.1, 0.15) is 24.1 Å². The molecule has 1 aliphatic rings. The monoisotopic (exact) mass is 405 g/mol. The maximum Gasteiger partial charge on any atom is 0.255 e. The van der Waals surface area contributed by atoms with Crippen molar-refractivity contribution >= 4 is 17.5 Å². The van der Waals surface area contributed by atoms with Crippen LogP contribution in [0.4, 0.5) is 11.6 Å². The first-order chi connectivity index (χ1) is 14.5. The lowest BCUT2D eigenvalue weighted by molar-refractivity contribution is -0.113. The molecule has 1 atom stereocenters. The van der Waals surface area contributed by atoms with Crippen LogP contribution in [0, 0.1) is 6.92 Å². The lowest BCUT2D eigenvalue weighted by Crippen LogP contribution is -2.31. The Hall–Kier alpha value is -3.81. The number of aryl methyl sites for hydroxylation is 1. The van der Waals surface area contributed by atoms with Gasteiger partial charge in [0.25, 0.3) is 5.91 Å². The summed E-state index contributed by atoms with van der Waals surface area (Å²) in [4.78, 5) is 17.7. The first-order valence-electron chi connectivity index (χ1n) is 9.49. The molecule has 1 aromatic heterocycles. The molecular formula is C22H23N5O3. The molecule has 3 aromatic rings. The zero-order valence-corrected chi connectivity index (χ0v) is 17.3. The van der Waals surface area contributed by atoms with Gasteiger partial charge in [0.1, 0.15) is 23.9 Å². The van der Waals surface area contributed by atoms with E-state index >= 15 is 0 Å². The highest BCUT2D eigenvalue weighted by molar-refractivity contribution is 6.06. The van der Waals surface area contributed by atoms with E-state index in [1.54, 1.807) is 18.9 Å². The van der Waals surface area contributed by atoms with Crippen LogP contribution in [0.3, 0.4) is 0 Å². The number of hydrogen-bond donors (Lipinski definition) is 2. The first kappa shape index (κ1) is 19.5. The van der Waals surface area contributed by atoms with Gasteiger partial charge in [0.15, 0.2) is 0 Å². The largest absolute Gasteiger partial charge is 0.497 e. The summed E-state index contributed by atoms with van der Waals surface area (Å²) in [5, 5.41) is 10.5. The maximum absolute atomic E-state index is 13.4. The van der Waals surface area contributed by atoms with Crippen LogP contribution in [0.5, 0.6) is 11.5 Å². The van der Waals surface area contributed by atoms with Crippen LogP contribution in [0.25, 0.3) is 0 Å². The van der Waals surface area contributed by atoms with Crippen molar-refractivity contribution in [1.82, 2.24) is 14.8 Å². The predicted molar refractivity (Wildman–Crippen MR) is 114 cm³/mol. The molecule has 0 radical (unpaired) electrons. The summed E-state index contributed by atoms with van der Waals surface area (Å²) >= 11 is 0. The normalized spacial score (nSPS) is 15.3. The number of rotatable bonds is 5. The quantitative estimate of drug-likeness (QED) is 0.675. The predicted octanol–water partition coefficient (Wildman–Crippen LogP) is 3.53. The lowest BCUT2D eigenvalue weighted by Gasteiger charge is -2.29. The zero-order valence-electron chi connectivity index (χ0n) is 17.3. The molecule has 8 nitrogen and oxygen atoms in total. The third-order valence-corrected chi connectivity index (χ3v) is 5.07. The Morgan fingerprint density at radius 3 is 2.57 bits per heavy atom. The fourth-order valence-corrected chi connectivity index (χ4v) is 3.59. The second-order valence-corrected chi connectivity index (χ2v) is 7.03. The second kappa shape index (κ2) is 7.90. The van der Waals surface area contributed by atoms with Crippen molar-refractivity contribution in [2.24, 2.45) is 0 Å². The van der Waals surface area contributed by atoms with Crippen LogP contribution in [-0.2, 0) is 4.79 Å². The van der Waals surface area contributed by atoms with Gasteiger partial charge in [0.05, 0.1) is 25.5 Å². The van der Waals surface area contributed by atoms with E-state index in [1.807, 2.05) is 56.3 Å². The van der Waals surface area contributed by atoms with Crippen molar-refractivity contribution in [2.45, 2.75) is 19.9 Å². The van der Waals surface area contributed by atoms with E-state index in [2.05, 4.69) is 20.7 Å². The number of nitrogens with one attached hydrogen (secondary N) is 2. The smallest absolute Gasteiger partial charge is 0.255 e. The minimum Gasteiger partial charge on any atom is -0.497 e. The van der Waals surface area contributed by atoms with Gasteiger partial charge in [-0.2, -0.15) is 10.1 Å². The van der Waals surface area contributed by atoms with Crippen LogP contribution >= 0.6 is 0 Å². The van der Waals surface area contributed by atoms with Gasteiger partial charge < -0.3 is 20.1 Å². The molecule has 2 heterocycles. The molecule has 0 fully saturated rings. The summed E-state index contributed by atoms with van der Waals surface area (Å²) in [6.07, 6.45) is 1.47. The molecule has 0 spiro atoms. The Labute approximate surface area is 174 Å². The molecule has 1 amide bonds. The molecule has 2 N–H and O–H groups in total. The molecule has 4 rings (SSSR count). The van der Waals surface area contributed by atoms with Gasteiger partial charge in [0, 0.05) is 5.70 Å². The van der Waals surface area contributed by atoms with E-state index in [-0.39, 0.29) is 5.91 Å². The van der Waals surface area contributed by atoms with Crippen LogP contribution in [0.15, 0.2) is 60.1 Å². The van der Waals surface area contributed by atoms with Gasteiger partial charge >= 0.3 is 0 Å². The minimum atomic E-state index is -0.439. The molecular weight excluding hydrogens is 382 g/mol. The molecule has 30 heavy (non-hydrogen) atoms. The highest BCUT2D eigenvalue weighted by Gasteiger charge is 2.33. The van der Waals surface area contributed by atoms with E-state index in [9.17, 15) is 4.79 Å². The van der Waals surface area contributed by atoms with Crippen molar-refractivity contribution in [2.75, 3.05) is 24.9 Å². The standard InChI is InChI=1S/C22H23N5O3/c1-13-5-10-18(30-4)17(11-13)26-21(28)19-14(2)25-22-23-12-24-27(22)20(19)15-6-8-16(29-3)9-7-15/h5-12,20H,1-4H3,(H,26,28)(H,23,24,25)/t20-/m1/s1. The number of amides is 1. The third-order valence-electron chi connectivity index (χ3n) is 5.07. The van der Waals surface area contributed by atoms with E-state index in [0.717, 1.165) is 16.9 Å². The number of carbonyl (C=O) groups is 1. The highest BCUT2D eigenvalue weighted by atomic mass is 16.5. The number of anilines is 2. The summed E-state index contributed by atoms with van der Waals surface area (Å²) in [6, 6.07) is 12.8. The summed E-state index contributed by atoms with van der Waals surface area (Å²) < 4.78 is 12.4. The summed E-state index contributed by atoms with van der Waals surface area (Å²) in [5.74, 6) is 1.67. The van der Waals surface area contributed by atoms with Crippen molar-refractivity contribution in [3.8, 4) is 11.5 Å². The Kier molecular flexibility index (Phi) is 5.14. The maximum atomic E-state index is 13.4. The molecule has 8 heteroatoms. The number of nitrogens with zero attached hydrogens (tertiary/aromatic N) is 3. The van der Waals surface area contributed by atoms with Crippen molar-refractivity contribution in [3.63, 3.8) is 0 Å². The third kappa shape index (κ3) is 3.47. The van der Waals surface area contributed by atoms with Crippen LogP contribution < -0.4 is 20.1 Å². The number of methoxy groups -OCH3 is 2. The highest BCUT2D eigenvalue weighted by Crippen LogP contribution is 2.36. The van der Waals surface area contributed by atoms with E-state index in [1.165, 1.54) is 6.33 Å². The number of aromatic nitrogens is 3. The van der Waals surface area contributed by atoms with E-state index in [0.29, 0.717) is 28.7 Å². The Balaban J connectivity index is 1.75. The number of carbonyl (C=O) groups excluding carboxylic acids is 1. The molecule has 0 bridgehead atoms. The first-order valence-corrected chi connectivity index (χ1v) is 9.49. The number of ether oxygens (including phenoxy) is 2. The fraction of sp³-hybridized carbons (Fsp3) is 0.227. The molecule has 0 saturated carbocycles. The van der Waals surface area contributed by atoms with Gasteiger partial charge in [0.2, 0.25) is 5.95 Å². The Morgan fingerprint density at radius 2 is 1.87 bits per heavy atom. The number of allylic oxidation sites excluding steroid dienone is 1. The molecule has 0 unspecified atom stereocenters. The second-order valence-electron chi connectivity index (χ2n) is 7.03. The molecule has 154 valence electrons. The van der Waals surface area contributed by atoms with Crippen molar-refractivity contribution in [1.29, 1.82) is 0 Å². The van der Waals surface area contributed by atoms with Gasteiger partial charge in [-0.15, -0.1) is 0 Å². The topological polar surface area (TPSA) is 90.3 Å². The molecule has 1 aliphatic heterocycles. The van der Waals surface area contributed by atoms with Crippen LogP contribution in [-0.4, -0.2) is 34.9 Å². The fourth-order valence-electron chi connectivity index (χ4n) is 3.59. The summed E-state index contributed by atoms with van der Waals surface area (Å²) in [6.45, 7) is 3.82. The molecule has 0 aliphatic carbocycles. The minimum absolute atomic E-state index is 0.245. The van der Waals surface area contributed by atoms with Crippen molar-refractivity contribution < 1.29 is 14.3 Å². The van der Waals surface area contributed by atoms with Gasteiger partial charge in [-0.25, -0.2) is 4.68 Å². The Morgan fingerprint density at radius 1 is 1.10 bits per heavy atom. The SMILES string of the molecule is COc1ccc([C@@H]2C(C(=O)Nc3cc(C)ccc3OC)=C(C)Nc3ncnn32)cc1. The number of fused-ring (bicyclic) bond motifs is 1. The van der Waals surface area contributed by atoms with Crippen molar-refractivity contribution in [3.05, 3.63) is 71.2 Å². The Bertz CT molecular complexity index is 1120. The number of benzene rings is 2. The van der Waals surface area contributed by atoms with Gasteiger partial charge in [-0.1, -0.05) is 18.2 Å². The summed E-state index contributed by atoms with van der Waals surface area (Å²) in [7, 11) is 3.20. The average molecular weight is 405 g/mol. The number of hydrogen-bond acceptors (Lipinski definition) is 6. The summed E-state index contributed by atoms with van der Waals surface area (Å²) in [5.41, 5.74) is 3.77. The van der Waals surface area contributed by atoms with Gasteiger partial charge in [-0.3, -0.25) is 4.79 Å². The average Bonchev–Trinajstić information content (AvgIpc) is 3.21. The van der Waals surface area contributed by atoms with Gasteiger partial charge in [-0.05, 0) is 49.2 Å². The zero-order chi connectivity index (χ0) is 21.3. The molecule has 2 aromatic carbocycles.